The Morgan fingerprint density at radius 3 is 2.05 bits per heavy atom. The van der Waals surface area contributed by atoms with Crippen LogP contribution in [-0.2, 0) is 4.79 Å². The van der Waals surface area contributed by atoms with Crippen molar-refractivity contribution in [3.63, 3.8) is 0 Å². The van der Waals surface area contributed by atoms with Gasteiger partial charge >= 0.3 is 11.9 Å². The molecule has 0 radical (unpaired) electrons. The van der Waals surface area contributed by atoms with Crippen molar-refractivity contribution in [2.45, 2.75) is 18.9 Å². The number of aromatic carboxylic acids is 2. The third-order valence-electron chi connectivity index (χ3n) is 2.84. The summed E-state index contributed by atoms with van der Waals surface area (Å²) in [6.07, 6.45) is 2.09. The van der Waals surface area contributed by atoms with Gasteiger partial charge in [-0.2, -0.15) is 0 Å². The van der Waals surface area contributed by atoms with E-state index in [1.54, 1.807) is 0 Å². The minimum absolute atomic E-state index is 0.115. The van der Waals surface area contributed by atoms with Crippen molar-refractivity contribution in [3.8, 4) is 0 Å². The van der Waals surface area contributed by atoms with Crippen molar-refractivity contribution >= 4 is 23.5 Å². The summed E-state index contributed by atoms with van der Waals surface area (Å²) in [5.41, 5.74) is -0.212. The topological polar surface area (TPSA) is 116 Å². The number of hydrogen-bond acceptors (Lipinski definition) is 4. The summed E-state index contributed by atoms with van der Waals surface area (Å²) in [7, 11) is 0. The quantitative estimate of drug-likeness (QED) is 0.611. The van der Waals surface area contributed by atoms with Crippen LogP contribution in [0.4, 0.5) is 5.69 Å². The minimum atomic E-state index is -1.25. The molecule has 7 heteroatoms. The normalized spacial score (nSPS) is 13.8. The molecule has 1 aliphatic carbocycles. The lowest BCUT2D eigenvalue weighted by Crippen LogP contribution is -2.29. The first-order valence-electron chi connectivity index (χ1n) is 6.10. The number of rotatable bonds is 6. The molecule has 1 aliphatic rings. The third-order valence-corrected chi connectivity index (χ3v) is 2.84. The van der Waals surface area contributed by atoms with Gasteiger partial charge in [-0.05, 0) is 31.0 Å². The maximum atomic E-state index is 11.6. The Kier molecular flexibility index (Phi) is 3.99. The number of amides is 1. The van der Waals surface area contributed by atoms with Gasteiger partial charge in [-0.3, -0.25) is 4.79 Å². The Hall–Kier alpha value is -2.41. The summed E-state index contributed by atoms with van der Waals surface area (Å²) in [6, 6.07) is 3.87. The van der Waals surface area contributed by atoms with Crippen molar-refractivity contribution in [2.75, 3.05) is 11.9 Å². The van der Waals surface area contributed by atoms with Gasteiger partial charge in [0.1, 0.15) is 0 Å². The fourth-order valence-electron chi connectivity index (χ4n) is 1.68. The highest BCUT2D eigenvalue weighted by molar-refractivity contribution is 5.98. The number of carboxylic acid groups (broad SMARTS) is 2. The van der Waals surface area contributed by atoms with E-state index in [4.69, 9.17) is 10.2 Å². The second kappa shape index (κ2) is 5.70. The maximum absolute atomic E-state index is 11.6. The van der Waals surface area contributed by atoms with Crippen LogP contribution in [0.3, 0.4) is 0 Å². The summed E-state index contributed by atoms with van der Waals surface area (Å²) in [5.74, 6) is -2.84. The van der Waals surface area contributed by atoms with Gasteiger partial charge in [0.25, 0.3) is 0 Å². The van der Waals surface area contributed by atoms with Crippen LogP contribution >= 0.6 is 0 Å². The predicted molar refractivity (Wildman–Crippen MR) is 70.0 cm³/mol. The Bertz CT molecular complexity index is 534. The molecule has 0 spiro atoms. The van der Waals surface area contributed by atoms with Crippen LogP contribution in [0.2, 0.25) is 0 Å². The number of hydrogen-bond donors (Lipinski definition) is 4. The summed E-state index contributed by atoms with van der Waals surface area (Å²) >= 11 is 0. The van der Waals surface area contributed by atoms with Crippen molar-refractivity contribution in [1.82, 2.24) is 5.32 Å². The van der Waals surface area contributed by atoms with Gasteiger partial charge < -0.3 is 20.8 Å². The molecule has 1 aromatic carbocycles. The summed E-state index contributed by atoms with van der Waals surface area (Å²) < 4.78 is 0. The van der Waals surface area contributed by atoms with E-state index in [0.717, 1.165) is 18.9 Å². The zero-order valence-electron chi connectivity index (χ0n) is 10.5. The van der Waals surface area contributed by atoms with E-state index in [0.29, 0.717) is 6.04 Å². The zero-order valence-corrected chi connectivity index (χ0v) is 10.5. The molecule has 1 amide bonds. The number of carboxylic acids is 2. The average molecular weight is 278 g/mol. The fourth-order valence-corrected chi connectivity index (χ4v) is 1.68. The highest BCUT2D eigenvalue weighted by Crippen LogP contribution is 2.18. The number of anilines is 1. The molecule has 106 valence electrons. The Morgan fingerprint density at radius 1 is 1.05 bits per heavy atom. The molecular weight excluding hydrogens is 264 g/mol. The van der Waals surface area contributed by atoms with E-state index in [1.165, 1.54) is 12.1 Å². The first kappa shape index (κ1) is 14.0. The lowest BCUT2D eigenvalue weighted by atomic mass is 10.1. The highest BCUT2D eigenvalue weighted by atomic mass is 16.4. The van der Waals surface area contributed by atoms with E-state index in [1.807, 2.05) is 0 Å². The number of nitrogens with one attached hydrogen (secondary N) is 2. The van der Waals surface area contributed by atoms with Gasteiger partial charge in [-0.1, -0.05) is 0 Å². The van der Waals surface area contributed by atoms with Crippen LogP contribution in [0.15, 0.2) is 18.2 Å². The van der Waals surface area contributed by atoms with Crippen molar-refractivity contribution in [3.05, 3.63) is 29.3 Å². The van der Waals surface area contributed by atoms with Gasteiger partial charge in [0.05, 0.1) is 17.7 Å². The number of carbonyl (C=O) groups excluding carboxylic acids is 1. The van der Waals surface area contributed by atoms with Gasteiger partial charge in [0.15, 0.2) is 0 Å². The molecule has 1 fully saturated rings. The van der Waals surface area contributed by atoms with Crippen LogP contribution in [-0.4, -0.2) is 40.6 Å². The van der Waals surface area contributed by atoms with Gasteiger partial charge in [-0.15, -0.1) is 0 Å². The van der Waals surface area contributed by atoms with Gasteiger partial charge in [0, 0.05) is 11.7 Å². The number of benzene rings is 1. The Morgan fingerprint density at radius 2 is 1.60 bits per heavy atom. The van der Waals surface area contributed by atoms with Crippen LogP contribution in [0.1, 0.15) is 33.6 Å². The molecule has 7 nitrogen and oxygen atoms in total. The van der Waals surface area contributed by atoms with Crippen molar-refractivity contribution < 1.29 is 24.6 Å². The van der Waals surface area contributed by atoms with Crippen LogP contribution < -0.4 is 10.6 Å². The first-order valence-corrected chi connectivity index (χ1v) is 6.10. The highest BCUT2D eigenvalue weighted by Gasteiger charge is 2.21. The van der Waals surface area contributed by atoms with Crippen molar-refractivity contribution in [1.29, 1.82) is 0 Å². The van der Waals surface area contributed by atoms with E-state index in [2.05, 4.69) is 10.6 Å². The third kappa shape index (κ3) is 3.79. The predicted octanol–water partition coefficient (Wildman–Crippen LogP) is 0.773. The second-order valence-electron chi connectivity index (χ2n) is 4.61. The SMILES string of the molecule is O=C(CNC1CC1)Nc1cc(C(=O)O)cc(C(=O)O)c1. The first-order chi connectivity index (χ1) is 9.45. The van der Waals surface area contributed by atoms with Gasteiger partial charge in [-0.25, -0.2) is 9.59 Å². The minimum Gasteiger partial charge on any atom is -0.478 e. The standard InChI is InChI=1S/C13H14N2O5/c16-11(6-14-9-1-2-9)15-10-4-7(12(17)18)3-8(5-10)13(19)20/h3-5,9,14H,1-2,6H2,(H,15,16)(H,17,18)(H,19,20). The molecule has 2 rings (SSSR count). The smallest absolute Gasteiger partial charge is 0.335 e. The maximum Gasteiger partial charge on any atom is 0.335 e. The van der Waals surface area contributed by atoms with E-state index in [9.17, 15) is 14.4 Å². The summed E-state index contributed by atoms with van der Waals surface area (Å²) in [6.45, 7) is 0.115. The lowest BCUT2D eigenvalue weighted by Gasteiger charge is -2.08. The Balaban J connectivity index is 2.10. The Labute approximate surface area is 114 Å². The van der Waals surface area contributed by atoms with E-state index >= 15 is 0 Å². The van der Waals surface area contributed by atoms with E-state index in [-0.39, 0.29) is 29.3 Å². The molecule has 4 N–H and O–H groups in total. The molecule has 0 aliphatic heterocycles. The van der Waals surface area contributed by atoms with E-state index < -0.39 is 11.9 Å². The lowest BCUT2D eigenvalue weighted by molar-refractivity contribution is -0.115. The molecule has 0 unspecified atom stereocenters. The molecule has 1 aromatic rings. The molecule has 0 saturated heterocycles. The molecule has 1 saturated carbocycles. The second-order valence-corrected chi connectivity index (χ2v) is 4.61. The summed E-state index contributed by atoms with van der Waals surface area (Å²) in [4.78, 5) is 33.5. The summed E-state index contributed by atoms with van der Waals surface area (Å²) in [5, 5.41) is 23.3. The zero-order chi connectivity index (χ0) is 14.7. The largest absolute Gasteiger partial charge is 0.478 e. The van der Waals surface area contributed by atoms with Crippen molar-refractivity contribution in [2.24, 2.45) is 0 Å². The fraction of sp³-hybridized carbons (Fsp3) is 0.308. The molecule has 0 bridgehead atoms. The molecule has 0 heterocycles. The average Bonchev–Trinajstić information content (AvgIpc) is 3.19. The monoisotopic (exact) mass is 278 g/mol. The number of carbonyl (C=O) groups is 3. The molecular formula is C13H14N2O5. The molecule has 0 aromatic heterocycles. The van der Waals surface area contributed by atoms with Crippen LogP contribution in [0.5, 0.6) is 0 Å². The molecule has 20 heavy (non-hydrogen) atoms. The van der Waals surface area contributed by atoms with Gasteiger partial charge in [0.2, 0.25) is 5.91 Å². The van der Waals surface area contributed by atoms with Crippen LogP contribution in [0.25, 0.3) is 0 Å². The molecule has 0 atom stereocenters. The van der Waals surface area contributed by atoms with Crippen LogP contribution in [0, 0.1) is 0 Å².